The van der Waals surface area contributed by atoms with E-state index in [0.717, 1.165) is 16.8 Å². The average molecular weight is 291 g/mol. The molecule has 1 aromatic heterocycles. The van der Waals surface area contributed by atoms with Crippen LogP contribution in [0.15, 0.2) is 29.6 Å². The number of aromatic nitrogens is 1. The Morgan fingerprint density at radius 2 is 2.20 bits per heavy atom. The van der Waals surface area contributed by atoms with Crippen molar-refractivity contribution in [2.24, 2.45) is 0 Å². The highest BCUT2D eigenvalue weighted by atomic mass is 32.1. The topological polar surface area (TPSA) is 91.3 Å². The van der Waals surface area contributed by atoms with Gasteiger partial charge >= 0.3 is 6.09 Å². The second-order valence-electron chi connectivity index (χ2n) is 4.11. The Labute approximate surface area is 119 Å². The molecule has 0 atom stereocenters. The number of benzene rings is 1. The molecule has 20 heavy (non-hydrogen) atoms. The van der Waals surface area contributed by atoms with Gasteiger partial charge in [-0.3, -0.25) is 4.79 Å². The highest BCUT2D eigenvalue weighted by Crippen LogP contribution is 2.25. The van der Waals surface area contributed by atoms with Crippen LogP contribution in [0.3, 0.4) is 0 Å². The zero-order valence-corrected chi connectivity index (χ0v) is 11.5. The summed E-state index contributed by atoms with van der Waals surface area (Å²) in [7, 11) is 0. The third-order valence-corrected chi connectivity index (χ3v) is 3.22. The minimum absolute atomic E-state index is 0.297. The third kappa shape index (κ3) is 3.79. The summed E-state index contributed by atoms with van der Waals surface area (Å²) in [6, 6.07) is 7.89. The number of nitrogens with one attached hydrogen (secondary N) is 2. The van der Waals surface area contributed by atoms with Crippen LogP contribution >= 0.6 is 11.3 Å². The largest absolute Gasteiger partial charge is 0.465 e. The zero-order valence-electron chi connectivity index (χ0n) is 10.7. The van der Waals surface area contributed by atoms with Crippen LogP contribution in [0.1, 0.15) is 5.56 Å². The Kier molecular flexibility index (Phi) is 4.31. The van der Waals surface area contributed by atoms with Crippen LogP contribution in [0.5, 0.6) is 0 Å². The lowest BCUT2D eigenvalue weighted by atomic mass is 10.1. The van der Waals surface area contributed by atoms with E-state index in [1.165, 1.54) is 11.3 Å². The highest BCUT2D eigenvalue weighted by molar-refractivity contribution is 7.14. The van der Waals surface area contributed by atoms with Crippen LogP contribution < -0.4 is 10.6 Å². The van der Waals surface area contributed by atoms with Crippen molar-refractivity contribution in [3.63, 3.8) is 0 Å². The normalized spacial score (nSPS) is 10.1. The molecular weight excluding hydrogens is 278 g/mol. The van der Waals surface area contributed by atoms with Crippen LogP contribution in [0.4, 0.5) is 9.93 Å². The summed E-state index contributed by atoms with van der Waals surface area (Å²) < 4.78 is 0. The Balaban J connectivity index is 2.02. The number of carbonyl (C=O) groups is 2. The molecule has 2 rings (SSSR count). The van der Waals surface area contributed by atoms with E-state index >= 15 is 0 Å². The number of aryl methyl sites for hydroxylation is 1. The summed E-state index contributed by atoms with van der Waals surface area (Å²) >= 11 is 1.29. The molecule has 1 aromatic carbocycles. The lowest BCUT2D eigenvalue weighted by Gasteiger charge is -2.01. The summed E-state index contributed by atoms with van der Waals surface area (Å²) in [6.45, 7) is 1.70. The van der Waals surface area contributed by atoms with Crippen molar-refractivity contribution in [3.05, 3.63) is 35.2 Å². The summed E-state index contributed by atoms with van der Waals surface area (Å²) in [4.78, 5) is 26.0. The Hall–Kier alpha value is -2.41. The van der Waals surface area contributed by atoms with Gasteiger partial charge in [0, 0.05) is 10.9 Å². The lowest BCUT2D eigenvalue weighted by molar-refractivity contribution is -0.115. The van der Waals surface area contributed by atoms with Crippen molar-refractivity contribution in [3.8, 4) is 11.3 Å². The maximum atomic E-state index is 11.4. The van der Waals surface area contributed by atoms with E-state index in [4.69, 9.17) is 5.11 Å². The molecule has 0 aliphatic heterocycles. The first kappa shape index (κ1) is 14.0. The van der Waals surface area contributed by atoms with Crippen molar-refractivity contribution in [1.29, 1.82) is 0 Å². The van der Waals surface area contributed by atoms with Crippen LogP contribution in [0.2, 0.25) is 0 Å². The van der Waals surface area contributed by atoms with Gasteiger partial charge in [0.15, 0.2) is 5.13 Å². The molecule has 0 fully saturated rings. The van der Waals surface area contributed by atoms with E-state index in [2.05, 4.69) is 10.3 Å². The van der Waals surface area contributed by atoms with Crippen LogP contribution in [-0.4, -0.2) is 28.6 Å². The van der Waals surface area contributed by atoms with Gasteiger partial charge in [0.05, 0.1) is 5.69 Å². The molecular formula is C13H13N3O3S. The standard InChI is InChI=1S/C13H13N3O3S/c1-8-3-2-4-9(5-8)10-7-20-12(15-10)16-11(17)6-14-13(18)19/h2-5,7,14H,6H2,1H3,(H,18,19)(H,15,16,17). The van der Waals surface area contributed by atoms with E-state index in [1.807, 2.05) is 41.9 Å². The second kappa shape index (κ2) is 6.16. The molecule has 104 valence electrons. The first-order valence-corrected chi connectivity index (χ1v) is 6.72. The predicted molar refractivity (Wildman–Crippen MR) is 76.9 cm³/mol. The van der Waals surface area contributed by atoms with E-state index < -0.39 is 12.0 Å². The number of carbonyl (C=O) groups excluding carboxylic acids is 1. The molecule has 0 radical (unpaired) electrons. The summed E-state index contributed by atoms with van der Waals surface area (Å²) in [6.07, 6.45) is -1.24. The summed E-state index contributed by atoms with van der Waals surface area (Å²) in [5, 5.41) is 15.2. The first-order chi connectivity index (χ1) is 9.54. The minimum atomic E-state index is -1.24. The molecule has 0 spiro atoms. The van der Waals surface area contributed by atoms with Crippen molar-refractivity contribution >= 4 is 28.5 Å². The molecule has 3 N–H and O–H groups in total. The first-order valence-electron chi connectivity index (χ1n) is 5.84. The number of carboxylic acid groups (broad SMARTS) is 1. The van der Waals surface area contributed by atoms with E-state index in [-0.39, 0.29) is 6.54 Å². The third-order valence-electron chi connectivity index (χ3n) is 2.46. The van der Waals surface area contributed by atoms with Gasteiger partial charge in [-0.25, -0.2) is 9.78 Å². The van der Waals surface area contributed by atoms with Gasteiger partial charge in [-0.2, -0.15) is 0 Å². The monoisotopic (exact) mass is 291 g/mol. The SMILES string of the molecule is Cc1cccc(-c2csc(NC(=O)CNC(=O)O)n2)c1. The van der Waals surface area contributed by atoms with E-state index in [9.17, 15) is 9.59 Å². The van der Waals surface area contributed by atoms with Crippen LogP contribution in [-0.2, 0) is 4.79 Å². The molecule has 0 unspecified atom stereocenters. The smallest absolute Gasteiger partial charge is 0.405 e. The quantitative estimate of drug-likeness (QED) is 0.806. The van der Waals surface area contributed by atoms with Gasteiger partial charge in [-0.05, 0) is 13.0 Å². The second-order valence-corrected chi connectivity index (χ2v) is 4.97. The number of thiazole rings is 1. The molecule has 0 aliphatic carbocycles. The molecule has 0 aliphatic rings. The number of hydrogen-bond acceptors (Lipinski definition) is 4. The van der Waals surface area contributed by atoms with Crippen molar-refractivity contribution in [2.75, 3.05) is 11.9 Å². The Morgan fingerprint density at radius 3 is 2.90 bits per heavy atom. The summed E-state index contributed by atoms with van der Waals surface area (Å²) in [5.41, 5.74) is 2.89. The molecule has 0 saturated heterocycles. The minimum Gasteiger partial charge on any atom is -0.465 e. The summed E-state index contributed by atoms with van der Waals surface area (Å²) in [5.74, 6) is -0.447. The fourth-order valence-electron chi connectivity index (χ4n) is 1.59. The van der Waals surface area contributed by atoms with Crippen molar-refractivity contribution < 1.29 is 14.7 Å². The number of amides is 2. The molecule has 1 heterocycles. The van der Waals surface area contributed by atoms with Crippen LogP contribution in [0, 0.1) is 6.92 Å². The number of anilines is 1. The Morgan fingerprint density at radius 1 is 1.40 bits per heavy atom. The van der Waals surface area contributed by atoms with Crippen LogP contribution in [0.25, 0.3) is 11.3 Å². The molecule has 6 nitrogen and oxygen atoms in total. The lowest BCUT2D eigenvalue weighted by Crippen LogP contribution is -2.31. The van der Waals surface area contributed by atoms with Gasteiger partial charge < -0.3 is 15.7 Å². The van der Waals surface area contributed by atoms with Crippen molar-refractivity contribution in [2.45, 2.75) is 6.92 Å². The maximum absolute atomic E-state index is 11.4. The highest BCUT2D eigenvalue weighted by Gasteiger charge is 2.08. The maximum Gasteiger partial charge on any atom is 0.405 e. The molecule has 0 bridgehead atoms. The Bertz CT molecular complexity index is 639. The van der Waals surface area contributed by atoms with E-state index in [1.54, 1.807) is 0 Å². The van der Waals surface area contributed by atoms with Gasteiger partial charge in [0.2, 0.25) is 5.91 Å². The molecule has 2 aromatic rings. The average Bonchev–Trinajstić information content (AvgIpc) is 2.85. The fraction of sp³-hybridized carbons (Fsp3) is 0.154. The molecule has 7 heteroatoms. The van der Waals surface area contributed by atoms with Gasteiger partial charge in [0.25, 0.3) is 0 Å². The zero-order chi connectivity index (χ0) is 14.5. The fourth-order valence-corrected chi connectivity index (χ4v) is 2.32. The number of hydrogen-bond donors (Lipinski definition) is 3. The number of nitrogens with zero attached hydrogens (tertiary/aromatic N) is 1. The number of rotatable bonds is 4. The molecule has 0 saturated carbocycles. The predicted octanol–water partition coefficient (Wildman–Crippen LogP) is 2.32. The van der Waals surface area contributed by atoms with Gasteiger partial charge in [0.1, 0.15) is 6.54 Å². The van der Waals surface area contributed by atoms with Gasteiger partial charge in [-0.15, -0.1) is 11.3 Å². The van der Waals surface area contributed by atoms with Gasteiger partial charge in [-0.1, -0.05) is 23.8 Å². The van der Waals surface area contributed by atoms with Crippen molar-refractivity contribution in [1.82, 2.24) is 10.3 Å². The van der Waals surface area contributed by atoms with E-state index in [0.29, 0.717) is 5.13 Å². The molecule has 2 amide bonds.